The van der Waals surface area contributed by atoms with E-state index in [1.54, 1.807) is 0 Å². The molecule has 0 aliphatic heterocycles. The van der Waals surface area contributed by atoms with Crippen molar-refractivity contribution in [2.45, 2.75) is 25.3 Å². The van der Waals surface area contributed by atoms with Gasteiger partial charge < -0.3 is 10.3 Å². The summed E-state index contributed by atoms with van der Waals surface area (Å²) in [5, 5.41) is 0. The predicted molar refractivity (Wildman–Crippen MR) is 63.6 cm³/mol. The normalized spacial score (nSPS) is 15.9. The number of nitrogens with two attached hydrogens (primary N) is 1. The van der Waals surface area contributed by atoms with Gasteiger partial charge in [-0.25, -0.2) is 15.8 Å². The van der Waals surface area contributed by atoms with Crippen LogP contribution < -0.4 is 16.2 Å². The molecule has 1 aliphatic rings. The molecule has 1 aliphatic carbocycles. The Balaban J connectivity index is 2.26. The number of nitrogen functional groups attached to an aromatic ring is 1. The second kappa shape index (κ2) is 4.32. The van der Waals surface area contributed by atoms with Gasteiger partial charge in [0.15, 0.2) is 5.82 Å². The van der Waals surface area contributed by atoms with Crippen LogP contribution in [0, 0.1) is 0 Å². The minimum Gasteiger partial charge on any atom is -0.356 e. The number of hydrogen-bond acceptors (Lipinski definition) is 5. The van der Waals surface area contributed by atoms with E-state index < -0.39 is 0 Å². The van der Waals surface area contributed by atoms with Gasteiger partial charge in [-0.15, -0.1) is 0 Å². The van der Waals surface area contributed by atoms with Gasteiger partial charge in [0.1, 0.15) is 16.6 Å². The maximum absolute atomic E-state index is 5.35. The van der Waals surface area contributed by atoms with Gasteiger partial charge in [0.25, 0.3) is 0 Å². The molecule has 5 nitrogen and oxygen atoms in total. The highest BCUT2D eigenvalue weighted by molar-refractivity contribution is 9.10. The Kier molecular flexibility index (Phi) is 3.06. The number of nitrogens with zero attached hydrogens (tertiary/aromatic N) is 3. The van der Waals surface area contributed by atoms with Crippen molar-refractivity contribution in [3.8, 4) is 0 Å². The van der Waals surface area contributed by atoms with Gasteiger partial charge in [-0.1, -0.05) is 0 Å². The largest absolute Gasteiger partial charge is 0.356 e. The van der Waals surface area contributed by atoms with E-state index in [0.717, 1.165) is 10.3 Å². The van der Waals surface area contributed by atoms with Gasteiger partial charge in [0.2, 0.25) is 0 Å². The minimum atomic E-state index is 0.599. The SMILES string of the molecule is CN(c1ncnc(NN)c1Br)C1CCC1. The lowest BCUT2D eigenvalue weighted by atomic mass is 9.92. The van der Waals surface area contributed by atoms with Crippen LogP contribution >= 0.6 is 15.9 Å². The van der Waals surface area contributed by atoms with Crippen LogP contribution in [0.1, 0.15) is 19.3 Å². The van der Waals surface area contributed by atoms with Gasteiger partial charge in [-0.05, 0) is 35.2 Å². The fraction of sp³-hybridized carbons (Fsp3) is 0.556. The monoisotopic (exact) mass is 271 g/mol. The third-order valence-electron chi connectivity index (χ3n) is 2.86. The van der Waals surface area contributed by atoms with E-state index in [9.17, 15) is 0 Å². The van der Waals surface area contributed by atoms with E-state index in [1.165, 1.54) is 25.6 Å². The van der Waals surface area contributed by atoms with Crippen molar-refractivity contribution in [1.29, 1.82) is 0 Å². The van der Waals surface area contributed by atoms with Crippen molar-refractivity contribution in [2.75, 3.05) is 17.4 Å². The fourth-order valence-electron chi connectivity index (χ4n) is 1.65. The average Bonchev–Trinajstić information content (AvgIpc) is 2.15. The van der Waals surface area contributed by atoms with Crippen LogP contribution in [0.3, 0.4) is 0 Å². The van der Waals surface area contributed by atoms with E-state index >= 15 is 0 Å². The number of rotatable bonds is 3. The van der Waals surface area contributed by atoms with Gasteiger partial charge >= 0.3 is 0 Å². The van der Waals surface area contributed by atoms with Crippen LogP contribution in [0.25, 0.3) is 0 Å². The van der Waals surface area contributed by atoms with E-state index in [1.807, 2.05) is 0 Å². The van der Waals surface area contributed by atoms with Gasteiger partial charge in [0, 0.05) is 13.1 Å². The number of hydrogen-bond donors (Lipinski definition) is 2. The Hall–Kier alpha value is -0.880. The summed E-state index contributed by atoms with van der Waals surface area (Å²) in [5.41, 5.74) is 2.54. The number of aromatic nitrogens is 2. The molecule has 0 bridgehead atoms. The summed E-state index contributed by atoms with van der Waals surface area (Å²) in [7, 11) is 2.05. The zero-order valence-corrected chi connectivity index (χ0v) is 10.2. The van der Waals surface area contributed by atoms with E-state index in [4.69, 9.17) is 5.84 Å². The maximum Gasteiger partial charge on any atom is 0.159 e. The number of halogens is 1. The molecule has 0 aromatic carbocycles. The first-order valence-corrected chi connectivity index (χ1v) is 5.73. The fourth-order valence-corrected chi connectivity index (χ4v) is 2.25. The topological polar surface area (TPSA) is 67.1 Å². The molecule has 0 saturated heterocycles. The molecule has 0 unspecified atom stereocenters. The summed E-state index contributed by atoms with van der Waals surface area (Å²) in [6.07, 6.45) is 5.29. The molecular weight excluding hydrogens is 258 g/mol. The summed E-state index contributed by atoms with van der Waals surface area (Å²) in [6, 6.07) is 0.599. The lowest BCUT2D eigenvalue weighted by Crippen LogP contribution is -2.38. The van der Waals surface area contributed by atoms with E-state index in [-0.39, 0.29) is 0 Å². The van der Waals surface area contributed by atoms with Gasteiger partial charge in [0.05, 0.1) is 0 Å². The van der Waals surface area contributed by atoms with Crippen LogP contribution in [0.2, 0.25) is 0 Å². The summed E-state index contributed by atoms with van der Waals surface area (Å²) in [4.78, 5) is 10.5. The average molecular weight is 272 g/mol. The number of anilines is 2. The van der Waals surface area contributed by atoms with Gasteiger partial charge in [-0.2, -0.15) is 0 Å². The van der Waals surface area contributed by atoms with Crippen molar-refractivity contribution in [3.05, 3.63) is 10.8 Å². The quantitative estimate of drug-likeness (QED) is 0.645. The zero-order chi connectivity index (χ0) is 10.8. The Morgan fingerprint density at radius 1 is 1.53 bits per heavy atom. The van der Waals surface area contributed by atoms with E-state index in [0.29, 0.717) is 11.9 Å². The zero-order valence-electron chi connectivity index (χ0n) is 8.57. The van der Waals surface area contributed by atoms with E-state index in [2.05, 4.69) is 43.3 Å². The molecule has 1 saturated carbocycles. The van der Waals surface area contributed by atoms with Crippen LogP contribution in [0.4, 0.5) is 11.6 Å². The first-order valence-electron chi connectivity index (χ1n) is 4.94. The van der Waals surface area contributed by atoms with Crippen molar-refractivity contribution >= 4 is 27.6 Å². The van der Waals surface area contributed by atoms with Crippen molar-refractivity contribution in [3.63, 3.8) is 0 Å². The molecule has 1 aromatic rings. The molecule has 1 heterocycles. The number of nitrogens with one attached hydrogen (secondary N) is 1. The standard InChI is InChI=1S/C9H14BrN5/c1-15(6-3-2-4-6)9-7(10)8(14-11)12-5-13-9/h5-6H,2-4,11H2,1H3,(H,12,13,14). The summed E-state index contributed by atoms with van der Waals surface area (Å²) < 4.78 is 0.821. The highest BCUT2D eigenvalue weighted by Gasteiger charge is 2.25. The molecule has 0 radical (unpaired) electrons. The highest BCUT2D eigenvalue weighted by atomic mass is 79.9. The summed E-state index contributed by atoms with van der Waals surface area (Å²) in [5.74, 6) is 6.86. The molecule has 1 aromatic heterocycles. The Labute approximate surface area is 97.2 Å². The molecule has 0 amide bonds. The lowest BCUT2D eigenvalue weighted by Gasteiger charge is -2.36. The van der Waals surface area contributed by atoms with Crippen LogP contribution in [0.5, 0.6) is 0 Å². The third-order valence-corrected chi connectivity index (χ3v) is 3.59. The van der Waals surface area contributed by atoms with Gasteiger partial charge in [-0.3, -0.25) is 0 Å². The molecule has 2 rings (SSSR count). The van der Waals surface area contributed by atoms with Crippen molar-refractivity contribution in [1.82, 2.24) is 9.97 Å². The van der Waals surface area contributed by atoms with Crippen LogP contribution in [-0.2, 0) is 0 Å². The first-order chi connectivity index (χ1) is 7.24. The second-order valence-electron chi connectivity index (χ2n) is 3.70. The van der Waals surface area contributed by atoms with Crippen molar-refractivity contribution < 1.29 is 0 Å². The van der Waals surface area contributed by atoms with Crippen LogP contribution in [0.15, 0.2) is 10.8 Å². The maximum atomic E-state index is 5.35. The summed E-state index contributed by atoms with van der Waals surface area (Å²) in [6.45, 7) is 0. The molecule has 15 heavy (non-hydrogen) atoms. The molecule has 3 N–H and O–H groups in total. The Morgan fingerprint density at radius 2 is 2.27 bits per heavy atom. The third kappa shape index (κ3) is 1.91. The smallest absolute Gasteiger partial charge is 0.159 e. The molecule has 82 valence electrons. The molecule has 6 heteroatoms. The number of hydrazine groups is 1. The second-order valence-corrected chi connectivity index (χ2v) is 4.49. The first kappa shape index (κ1) is 10.6. The predicted octanol–water partition coefficient (Wildman–Crippen LogP) is 1.51. The van der Waals surface area contributed by atoms with Crippen LogP contribution in [-0.4, -0.2) is 23.1 Å². The Morgan fingerprint density at radius 3 is 2.80 bits per heavy atom. The Bertz CT molecular complexity index is 352. The molecule has 0 atom stereocenters. The lowest BCUT2D eigenvalue weighted by molar-refractivity contribution is 0.399. The minimum absolute atomic E-state index is 0.599. The highest BCUT2D eigenvalue weighted by Crippen LogP contribution is 2.33. The molecule has 1 fully saturated rings. The summed E-state index contributed by atoms with van der Waals surface area (Å²) >= 11 is 3.45. The van der Waals surface area contributed by atoms with Crippen molar-refractivity contribution in [2.24, 2.45) is 5.84 Å². The molecule has 0 spiro atoms. The molecular formula is C9H14BrN5.